The normalized spacial score (nSPS) is 16.1. The summed E-state index contributed by atoms with van der Waals surface area (Å²) in [5.74, 6) is -0.0452. The molecule has 0 spiro atoms. The Hall–Kier alpha value is -3.87. The van der Waals surface area contributed by atoms with Gasteiger partial charge in [0.15, 0.2) is 0 Å². The molecule has 0 aliphatic heterocycles. The van der Waals surface area contributed by atoms with E-state index in [1.165, 1.54) is 17.2 Å². The number of rotatable bonds is 5. The molecule has 0 atom stereocenters. The second kappa shape index (κ2) is 10.2. The average molecular weight is 504 g/mol. The van der Waals surface area contributed by atoms with Crippen molar-refractivity contribution < 1.29 is 18.0 Å². The zero-order valence-electron chi connectivity index (χ0n) is 20.5. The van der Waals surface area contributed by atoms with E-state index in [1.807, 2.05) is 36.4 Å². The highest BCUT2D eigenvalue weighted by molar-refractivity contribution is 6.06. The van der Waals surface area contributed by atoms with Crippen LogP contribution < -0.4 is 5.32 Å². The van der Waals surface area contributed by atoms with E-state index in [9.17, 15) is 18.0 Å². The van der Waals surface area contributed by atoms with E-state index >= 15 is 0 Å². The smallest absolute Gasteiger partial charge is 0.360 e. The summed E-state index contributed by atoms with van der Waals surface area (Å²) in [6.45, 7) is 2.12. The summed E-state index contributed by atoms with van der Waals surface area (Å²) in [7, 11) is 0. The van der Waals surface area contributed by atoms with Gasteiger partial charge in [0, 0.05) is 41.5 Å². The van der Waals surface area contributed by atoms with E-state index in [0.717, 1.165) is 60.0 Å². The maximum absolute atomic E-state index is 12.9. The van der Waals surface area contributed by atoms with E-state index in [4.69, 9.17) is 0 Å². The number of nitrogens with one attached hydrogen (secondary N) is 2. The van der Waals surface area contributed by atoms with Crippen molar-refractivity contribution in [2.24, 2.45) is 0 Å². The van der Waals surface area contributed by atoms with Gasteiger partial charge in [-0.1, -0.05) is 48.0 Å². The maximum atomic E-state index is 12.9. The molecule has 2 aromatic carbocycles. The van der Waals surface area contributed by atoms with E-state index < -0.39 is 11.7 Å². The summed E-state index contributed by atoms with van der Waals surface area (Å²) in [4.78, 5) is 20.0. The molecule has 2 N–H and O–H groups in total. The molecule has 0 unspecified atom stereocenters. The number of halogens is 3. The fourth-order valence-corrected chi connectivity index (χ4v) is 5.03. The van der Waals surface area contributed by atoms with Crippen molar-refractivity contribution in [3.8, 4) is 0 Å². The van der Waals surface area contributed by atoms with Gasteiger partial charge in [0.2, 0.25) is 0 Å². The molecule has 1 saturated carbocycles. The number of hydrogen-bond donors (Lipinski definition) is 2. The van der Waals surface area contributed by atoms with Gasteiger partial charge in [0.1, 0.15) is 0 Å². The van der Waals surface area contributed by atoms with Crippen LogP contribution >= 0.6 is 0 Å². The molecule has 0 bridgehead atoms. The van der Waals surface area contributed by atoms with Crippen LogP contribution in [0.25, 0.3) is 16.5 Å². The van der Waals surface area contributed by atoms with Crippen molar-refractivity contribution in [1.82, 2.24) is 15.3 Å². The number of aromatic nitrogens is 2. The Balaban J connectivity index is 1.22. The van der Waals surface area contributed by atoms with Gasteiger partial charge in [-0.05, 0) is 67.5 Å². The second-order valence-electron chi connectivity index (χ2n) is 9.64. The lowest BCUT2D eigenvalue weighted by Gasteiger charge is -2.26. The summed E-state index contributed by atoms with van der Waals surface area (Å²) in [5, 5.41) is 4.13. The third-order valence-electron chi connectivity index (χ3n) is 7.19. The topological polar surface area (TPSA) is 57.8 Å². The number of aromatic amines is 1. The number of allylic oxidation sites excluding steroid dienone is 2. The quantitative estimate of drug-likeness (QED) is 0.300. The lowest BCUT2D eigenvalue weighted by Crippen LogP contribution is -2.36. The van der Waals surface area contributed by atoms with Crippen molar-refractivity contribution in [1.29, 1.82) is 0 Å². The molecule has 2 aromatic heterocycles. The van der Waals surface area contributed by atoms with E-state index in [2.05, 4.69) is 34.3 Å². The van der Waals surface area contributed by atoms with Crippen molar-refractivity contribution in [2.45, 2.75) is 51.2 Å². The fourth-order valence-electron chi connectivity index (χ4n) is 5.03. The molecule has 37 heavy (non-hydrogen) atoms. The number of pyridine rings is 1. The van der Waals surface area contributed by atoms with Crippen LogP contribution in [0, 0.1) is 0 Å². The molecular formula is C30H28F3N3O. The molecule has 190 valence electrons. The number of benzene rings is 2. The lowest BCUT2D eigenvalue weighted by atomic mass is 9.86. The minimum atomic E-state index is -4.38. The fraction of sp³-hybridized carbons (Fsp3) is 0.267. The van der Waals surface area contributed by atoms with E-state index in [1.54, 1.807) is 6.20 Å². The SMILES string of the molecule is CC(=C1CCC(NC(=O)c2c[nH]c3ccccc23)CC1)c1cccc(Cc2ccc(C(F)(F)F)cn2)c1. The lowest BCUT2D eigenvalue weighted by molar-refractivity contribution is -0.137. The molecule has 4 aromatic rings. The zero-order valence-corrected chi connectivity index (χ0v) is 20.5. The highest BCUT2D eigenvalue weighted by Gasteiger charge is 2.30. The van der Waals surface area contributed by atoms with Crippen LogP contribution in [0.3, 0.4) is 0 Å². The number of alkyl halides is 3. The molecule has 0 saturated heterocycles. The van der Waals surface area contributed by atoms with E-state index in [0.29, 0.717) is 17.7 Å². The Kier molecular flexibility index (Phi) is 6.87. The van der Waals surface area contributed by atoms with Gasteiger partial charge in [0.05, 0.1) is 11.1 Å². The van der Waals surface area contributed by atoms with Gasteiger partial charge in [-0.15, -0.1) is 0 Å². The van der Waals surface area contributed by atoms with Gasteiger partial charge in [-0.3, -0.25) is 9.78 Å². The van der Waals surface area contributed by atoms with Crippen LogP contribution in [-0.4, -0.2) is 21.9 Å². The van der Waals surface area contributed by atoms with Crippen LogP contribution in [0.2, 0.25) is 0 Å². The number of fused-ring (bicyclic) bond motifs is 1. The third-order valence-corrected chi connectivity index (χ3v) is 7.19. The summed E-state index contributed by atoms with van der Waals surface area (Å²) in [6.07, 6.45) is 2.34. The number of amides is 1. The monoisotopic (exact) mass is 503 g/mol. The number of nitrogens with zero attached hydrogens (tertiary/aromatic N) is 1. The molecule has 1 amide bonds. The number of para-hydroxylation sites is 1. The standard InChI is InChI=1S/C30H28F3N3O/c1-19(22-6-4-5-20(15-22)16-25-14-11-23(17-34-25)30(31,32)33)21-9-12-24(13-10-21)36-29(37)27-18-35-28-8-3-2-7-26(27)28/h2-8,11,14-15,17-18,24,35H,9-10,12-13,16H2,1H3,(H,36,37). The Morgan fingerprint density at radius 2 is 1.84 bits per heavy atom. The van der Waals surface area contributed by atoms with Crippen molar-refractivity contribution in [3.63, 3.8) is 0 Å². The minimum absolute atomic E-state index is 0.0452. The van der Waals surface area contributed by atoms with Gasteiger partial charge in [-0.2, -0.15) is 13.2 Å². The van der Waals surface area contributed by atoms with Gasteiger partial charge < -0.3 is 10.3 Å². The summed E-state index contributed by atoms with van der Waals surface area (Å²) in [5.41, 5.74) is 6.21. The molecule has 1 aliphatic rings. The molecule has 5 rings (SSSR count). The number of carbonyl (C=O) groups excluding carboxylic acids is 1. The largest absolute Gasteiger partial charge is 0.417 e. The van der Waals surface area contributed by atoms with Crippen LogP contribution in [0.5, 0.6) is 0 Å². The van der Waals surface area contributed by atoms with Gasteiger partial charge >= 0.3 is 6.18 Å². The Labute approximate surface area is 213 Å². The van der Waals surface area contributed by atoms with Crippen molar-refractivity contribution >= 4 is 22.4 Å². The minimum Gasteiger partial charge on any atom is -0.360 e. The molecule has 4 nitrogen and oxygen atoms in total. The first kappa shape index (κ1) is 24.8. The Morgan fingerprint density at radius 3 is 2.57 bits per heavy atom. The summed E-state index contributed by atoms with van der Waals surface area (Å²) in [6, 6.07) is 18.5. The van der Waals surface area contributed by atoms with Gasteiger partial charge in [-0.25, -0.2) is 0 Å². The van der Waals surface area contributed by atoms with E-state index in [-0.39, 0.29) is 11.9 Å². The van der Waals surface area contributed by atoms with Crippen LogP contribution in [0.4, 0.5) is 13.2 Å². The second-order valence-corrected chi connectivity index (χ2v) is 9.64. The van der Waals surface area contributed by atoms with Crippen molar-refractivity contribution in [2.75, 3.05) is 0 Å². The first-order valence-electron chi connectivity index (χ1n) is 12.4. The third kappa shape index (κ3) is 5.61. The summed E-state index contributed by atoms with van der Waals surface area (Å²) < 4.78 is 38.4. The average Bonchev–Trinajstić information content (AvgIpc) is 3.33. The van der Waals surface area contributed by atoms with Crippen LogP contribution in [-0.2, 0) is 12.6 Å². The first-order valence-corrected chi connectivity index (χ1v) is 12.4. The number of H-pyrrole nitrogens is 1. The molecule has 0 radical (unpaired) electrons. The zero-order chi connectivity index (χ0) is 26.0. The number of carbonyl (C=O) groups is 1. The Bertz CT molecular complexity index is 1440. The maximum Gasteiger partial charge on any atom is 0.417 e. The Morgan fingerprint density at radius 1 is 1.05 bits per heavy atom. The van der Waals surface area contributed by atoms with Crippen LogP contribution in [0.1, 0.15) is 65.3 Å². The highest BCUT2D eigenvalue weighted by Crippen LogP contribution is 2.32. The molecule has 2 heterocycles. The predicted octanol–water partition coefficient (Wildman–Crippen LogP) is 7.32. The van der Waals surface area contributed by atoms with Gasteiger partial charge in [0.25, 0.3) is 5.91 Å². The number of hydrogen-bond acceptors (Lipinski definition) is 2. The highest BCUT2D eigenvalue weighted by atomic mass is 19.4. The predicted molar refractivity (Wildman–Crippen MR) is 139 cm³/mol. The molecule has 7 heteroatoms. The van der Waals surface area contributed by atoms with Crippen LogP contribution in [0.15, 0.2) is 78.6 Å². The van der Waals surface area contributed by atoms with Crippen molar-refractivity contribution in [3.05, 3.63) is 107 Å². The first-order chi connectivity index (χ1) is 17.8. The molecular weight excluding hydrogens is 475 g/mol. The molecule has 1 aliphatic carbocycles. The molecule has 1 fully saturated rings. The summed E-state index contributed by atoms with van der Waals surface area (Å²) >= 11 is 0.